The van der Waals surface area contributed by atoms with E-state index >= 15 is 0 Å². The molecule has 0 saturated carbocycles. The molecule has 1 saturated heterocycles. The number of nitrogens with one attached hydrogen (secondary N) is 2. The summed E-state index contributed by atoms with van der Waals surface area (Å²) in [4.78, 5) is 24.2. The van der Waals surface area contributed by atoms with Crippen molar-refractivity contribution in [3.63, 3.8) is 0 Å². The van der Waals surface area contributed by atoms with Crippen molar-refractivity contribution in [2.75, 3.05) is 48.8 Å². The molecule has 0 radical (unpaired) electrons. The highest BCUT2D eigenvalue weighted by Crippen LogP contribution is 2.32. The van der Waals surface area contributed by atoms with Gasteiger partial charge in [-0.1, -0.05) is 23.9 Å². The Morgan fingerprint density at radius 2 is 1.94 bits per heavy atom. The van der Waals surface area contributed by atoms with E-state index in [4.69, 9.17) is 4.52 Å². The lowest BCUT2D eigenvalue weighted by molar-refractivity contribution is -0.111. The van der Waals surface area contributed by atoms with Crippen LogP contribution < -0.4 is 15.5 Å². The largest absolute Gasteiger partial charge is 0.367 e. The Hall–Kier alpha value is -4.38. The first kappa shape index (κ1) is 23.4. The molecule has 9 nitrogen and oxygen atoms in total. The Balaban J connectivity index is 1.42. The molecule has 0 spiro atoms. The molecule has 1 aliphatic heterocycles. The molecule has 3 heterocycles. The van der Waals surface area contributed by atoms with Crippen molar-refractivity contribution >= 4 is 40.0 Å². The molecule has 2 aromatic carbocycles. The fourth-order valence-electron chi connectivity index (χ4n) is 3.98. The van der Waals surface area contributed by atoms with Gasteiger partial charge in [-0.15, -0.1) is 0 Å². The van der Waals surface area contributed by atoms with Crippen molar-refractivity contribution in [3.05, 3.63) is 66.9 Å². The Morgan fingerprint density at radius 1 is 1.14 bits per heavy atom. The molecule has 0 bridgehead atoms. The molecule has 1 aliphatic rings. The van der Waals surface area contributed by atoms with Crippen LogP contribution >= 0.6 is 0 Å². The van der Waals surface area contributed by atoms with Gasteiger partial charge < -0.3 is 25.0 Å². The first-order valence-electron chi connectivity index (χ1n) is 11.3. The fraction of sp³-hybridized carbons (Fsp3) is 0.200. The van der Waals surface area contributed by atoms with Gasteiger partial charge in [-0.2, -0.15) is 0 Å². The third-order valence-corrected chi connectivity index (χ3v) is 5.95. The summed E-state index contributed by atoms with van der Waals surface area (Å²) < 4.78 is 35.3. The number of aromatic nitrogens is 3. The topological polar surface area (TPSA) is 99.4 Å². The lowest BCUT2D eigenvalue weighted by Crippen LogP contribution is -2.44. The summed E-state index contributed by atoms with van der Waals surface area (Å²) in [5.74, 6) is -1.90. The van der Waals surface area contributed by atoms with Crippen molar-refractivity contribution in [3.8, 4) is 11.3 Å². The number of carbonyl (C=O) groups is 1. The number of hydrogen-bond acceptors (Lipinski definition) is 8. The zero-order valence-electron chi connectivity index (χ0n) is 19.5. The van der Waals surface area contributed by atoms with E-state index in [1.807, 2.05) is 11.9 Å². The molecular formula is C25H23F2N7O2. The molecule has 11 heteroatoms. The molecule has 1 amide bonds. The standard InChI is InChI=1S/C25H23F2N7O2/c1-3-20(35)29-16-6-4-5-15(13-16)24-23-18(32-36-24)14-28-25(31-23)30-17-7-8-19(22(27)21(17)26)34-11-9-33(2)10-12-34/h3-8,13-14H,1,9-12H2,2H3,(H,29,35)(H,30,31). The van der Waals surface area contributed by atoms with Gasteiger partial charge in [-0.25, -0.2) is 18.7 Å². The highest BCUT2D eigenvalue weighted by molar-refractivity contribution is 5.99. The van der Waals surface area contributed by atoms with Gasteiger partial charge in [0.1, 0.15) is 5.52 Å². The molecular weight excluding hydrogens is 468 g/mol. The predicted octanol–water partition coefficient (Wildman–Crippen LogP) is 4.18. The summed E-state index contributed by atoms with van der Waals surface area (Å²) in [7, 11) is 2.00. The van der Waals surface area contributed by atoms with E-state index in [1.165, 1.54) is 18.3 Å². The second-order valence-electron chi connectivity index (χ2n) is 8.39. The van der Waals surface area contributed by atoms with E-state index in [0.717, 1.165) is 13.1 Å². The summed E-state index contributed by atoms with van der Waals surface area (Å²) in [6.45, 7) is 6.23. The van der Waals surface area contributed by atoms with Gasteiger partial charge in [0.05, 0.1) is 17.6 Å². The van der Waals surface area contributed by atoms with Gasteiger partial charge in [-0.3, -0.25) is 4.79 Å². The average Bonchev–Trinajstić information content (AvgIpc) is 3.31. The van der Waals surface area contributed by atoms with Crippen molar-refractivity contribution in [2.45, 2.75) is 0 Å². The minimum atomic E-state index is -1.01. The minimum Gasteiger partial charge on any atom is -0.367 e. The molecule has 2 N–H and O–H groups in total. The van der Waals surface area contributed by atoms with E-state index in [-0.39, 0.29) is 23.2 Å². The van der Waals surface area contributed by atoms with Crippen LogP contribution in [0.15, 0.2) is 59.8 Å². The summed E-state index contributed by atoms with van der Waals surface area (Å²) in [5.41, 5.74) is 2.04. The highest BCUT2D eigenvalue weighted by atomic mass is 19.2. The molecule has 0 aliphatic carbocycles. The zero-order valence-corrected chi connectivity index (χ0v) is 19.5. The molecule has 184 valence electrons. The second kappa shape index (κ2) is 9.70. The molecule has 5 rings (SSSR count). The van der Waals surface area contributed by atoms with E-state index in [1.54, 1.807) is 30.3 Å². The summed E-state index contributed by atoms with van der Waals surface area (Å²) in [6, 6.07) is 9.95. The van der Waals surface area contributed by atoms with Crippen LogP contribution in [0.4, 0.5) is 31.8 Å². The number of rotatable bonds is 6. The summed E-state index contributed by atoms with van der Waals surface area (Å²) in [6.07, 6.45) is 2.59. The van der Waals surface area contributed by atoms with Crippen LogP contribution in [0.5, 0.6) is 0 Å². The van der Waals surface area contributed by atoms with Crippen LogP contribution in [0.1, 0.15) is 0 Å². The monoisotopic (exact) mass is 491 g/mol. The third kappa shape index (κ3) is 4.60. The number of carbonyl (C=O) groups excluding carboxylic acids is 1. The quantitative estimate of drug-likeness (QED) is 0.388. The maximum absolute atomic E-state index is 15.0. The molecule has 1 fully saturated rings. The first-order chi connectivity index (χ1) is 17.4. The average molecular weight is 492 g/mol. The summed E-state index contributed by atoms with van der Waals surface area (Å²) >= 11 is 0. The van der Waals surface area contributed by atoms with E-state index < -0.39 is 11.6 Å². The minimum absolute atomic E-state index is 0.0497. The van der Waals surface area contributed by atoms with Gasteiger partial charge in [0.2, 0.25) is 11.9 Å². The van der Waals surface area contributed by atoms with Gasteiger partial charge in [0, 0.05) is 37.4 Å². The number of benzene rings is 2. The van der Waals surface area contributed by atoms with Crippen LogP contribution in [0.25, 0.3) is 22.4 Å². The van der Waals surface area contributed by atoms with Gasteiger partial charge in [0.15, 0.2) is 22.9 Å². The smallest absolute Gasteiger partial charge is 0.247 e. The SMILES string of the molecule is C=CC(=O)Nc1cccc(-c2onc3cnc(Nc4ccc(N5CCN(C)CC5)c(F)c4F)nc23)c1. The Morgan fingerprint density at radius 3 is 2.72 bits per heavy atom. The predicted molar refractivity (Wildman–Crippen MR) is 133 cm³/mol. The van der Waals surface area contributed by atoms with Crippen molar-refractivity contribution in [1.82, 2.24) is 20.0 Å². The Labute approximate surface area is 205 Å². The van der Waals surface area contributed by atoms with Gasteiger partial charge in [-0.05, 0) is 37.4 Å². The Bertz CT molecular complexity index is 1450. The maximum Gasteiger partial charge on any atom is 0.247 e. The van der Waals surface area contributed by atoms with Crippen molar-refractivity contribution < 1.29 is 18.1 Å². The van der Waals surface area contributed by atoms with Crippen LogP contribution in [0, 0.1) is 11.6 Å². The third-order valence-electron chi connectivity index (χ3n) is 5.95. The Kier molecular flexibility index (Phi) is 6.30. The van der Waals surface area contributed by atoms with Crippen LogP contribution in [0.2, 0.25) is 0 Å². The number of likely N-dealkylation sites (N-methyl/N-ethyl adjacent to an activating group) is 1. The van der Waals surface area contributed by atoms with Crippen LogP contribution in [-0.2, 0) is 4.79 Å². The number of fused-ring (bicyclic) bond motifs is 1. The van der Waals surface area contributed by atoms with E-state index in [9.17, 15) is 13.6 Å². The molecule has 4 aromatic rings. The van der Waals surface area contributed by atoms with E-state index in [2.05, 4.69) is 37.2 Å². The van der Waals surface area contributed by atoms with Crippen LogP contribution in [-0.4, -0.2) is 59.2 Å². The normalized spacial score (nSPS) is 14.1. The number of amides is 1. The van der Waals surface area contributed by atoms with Gasteiger partial charge >= 0.3 is 0 Å². The number of nitrogens with zero attached hydrogens (tertiary/aromatic N) is 5. The number of anilines is 4. The van der Waals surface area contributed by atoms with Crippen LogP contribution in [0.3, 0.4) is 0 Å². The number of hydrogen-bond donors (Lipinski definition) is 2. The first-order valence-corrected chi connectivity index (χ1v) is 11.3. The number of piperazine rings is 1. The summed E-state index contributed by atoms with van der Waals surface area (Å²) in [5, 5.41) is 9.41. The highest BCUT2D eigenvalue weighted by Gasteiger charge is 2.22. The van der Waals surface area contributed by atoms with Crippen molar-refractivity contribution in [1.29, 1.82) is 0 Å². The molecule has 2 aromatic heterocycles. The fourth-order valence-corrected chi connectivity index (χ4v) is 3.98. The molecule has 0 atom stereocenters. The lowest BCUT2D eigenvalue weighted by atomic mass is 10.1. The molecule has 36 heavy (non-hydrogen) atoms. The second-order valence-corrected chi connectivity index (χ2v) is 8.39. The molecule has 0 unspecified atom stereocenters. The zero-order chi connectivity index (χ0) is 25.2. The van der Waals surface area contributed by atoms with Crippen molar-refractivity contribution in [2.24, 2.45) is 0 Å². The lowest BCUT2D eigenvalue weighted by Gasteiger charge is -2.34. The number of halogens is 2. The van der Waals surface area contributed by atoms with E-state index in [0.29, 0.717) is 41.1 Å². The maximum atomic E-state index is 15.0. The van der Waals surface area contributed by atoms with Gasteiger partial charge in [0.25, 0.3) is 0 Å².